The van der Waals surface area contributed by atoms with Crippen molar-refractivity contribution >= 4 is 32.8 Å². The highest BCUT2D eigenvalue weighted by atomic mass is 32.1. The molecule has 0 aliphatic rings. The second-order valence-electron chi connectivity index (χ2n) is 5.06. The topological polar surface area (TPSA) is 12.0 Å². The molecule has 0 saturated carbocycles. The highest BCUT2D eigenvalue weighted by Gasteiger charge is 2.18. The minimum Gasteiger partial charge on any atom is -0.306 e. The number of rotatable bonds is 4. The lowest BCUT2D eigenvalue weighted by Gasteiger charge is -2.18. The van der Waals surface area contributed by atoms with Crippen LogP contribution in [0.15, 0.2) is 35.7 Å². The minimum atomic E-state index is 0.305. The Morgan fingerprint density at radius 2 is 2.05 bits per heavy atom. The van der Waals surface area contributed by atoms with Gasteiger partial charge in [-0.25, -0.2) is 0 Å². The monoisotopic (exact) mass is 301 g/mol. The molecular formula is C17H19NS2. The van der Waals surface area contributed by atoms with Gasteiger partial charge in [-0.2, -0.15) is 0 Å². The van der Waals surface area contributed by atoms with E-state index < -0.39 is 0 Å². The average molecular weight is 301 g/mol. The van der Waals surface area contributed by atoms with E-state index in [2.05, 4.69) is 61.8 Å². The van der Waals surface area contributed by atoms with Crippen molar-refractivity contribution in [1.29, 1.82) is 0 Å². The van der Waals surface area contributed by atoms with Crippen molar-refractivity contribution < 1.29 is 0 Å². The van der Waals surface area contributed by atoms with Crippen molar-refractivity contribution in [1.82, 2.24) is 5.32 Å². The number of thiophene rings is 2. The minimum absolute atomic E-state index is 0.305. The first-order valence-corrected chi connectivity index (χ1v) is 8.66. The quantitative estimate of drug-likeness (QED) is 0.691. The van der Waals surface area contributed by atoms with Crippen LogP contribution in [0.3, 0.4) is 0 Å². The summed E-state index contributed by atoms with van der Waals surface area (Å²) < 4.78 is 1.40. The summed E-state index contributed by atoms with van der Waals surface area (Å²) in [6.07, 6.45) is 0. The van der Waals surface area contributed by atoms with Gasteiger partial charge in [-0.1, -0.05) is 25.1 Å². The molecular weight excluding hydrogens is 282 g/mol. The number of benzene rings is 1. The Labute approximate surface area is 128 Å². The third kappa shape index (κ3) is 2.41. The summed E-state index contributed by atoms with van der Waals surface area (Å²) in [6, 6.07) is 11.5. The summed E-state index contributed by atoms with van der Waals surface area (Å²) in [7, 11) is 0. The van der Waals surface area contributed by atoms with E-state index in [-0.39, 0.29) is 0 Å². The summed E-state index contributed by atoms with van der Waals surface area (Å²) in [5.74, 6) is 0. The molecule has 3 aromatic rings. The largest absolute Gasteiger partial charge is 0.306 e. The number of fused-ring (bicyclic) bond motifs is 1. The van der Waals surface area contributed by atoms with E-state index in [1.165, 1.54) is 31.0 Å². The Kier molecular flexibility index (Phi) is 3.92. The maximum Gasteiger partial charge on any atom is 0.0685 e. The predicted molar refractivity (Wildman–Crippen MR) is 91.1 cm³/mol. The molecule has 2 aromatic heterocycles. The maximum atomic E-state index is 3.65. The second-order valence-corrected chi connectivity index (χ2v) is 7.27. The van der Waals surface area contributed by atoms with Gasteiger partial charge in [0, 0.05) is 14.5 Å². The first kappa shape index (κ1) is 13.8. The smallest absolute Gasteiger partial charge is 0.0685 e. The Morgan fingerprint density at radius 3 is 2.75 bits per heavy atom. The molecule has 3 heteroatoms. The van der Waals surface area contributed by atoms with E-state index in [0.717, 1.165) is 6.54 Å². The molecule has 104 valence electrons. The summed E-state index contributed by atoms with van der Waals surface area (Å²) >= 11 is 3.75. The van der Waals surface area contributed by atoms with E-state index in [0.29, 0.717) is 6.04 Å². The fourth-order valence-electron chi connectivity index (χ4n) is 2.56. The van der Waals surface area contributed by atoms with E-state index in [1.807, 2.05) is 22.7 Å². The van der Waals surface area contributed by atoms with Gasteiger partial charge in [-0.3, -0.25) is 0 Å². The van der Waals surface area contributed by atoms with E-state index in [9.17, 15) is 0 Å². The fraction of sp³-hybridized carbons (Fsp3) is 0.294. The van der Waals surface area contributed by atoms with Crippen molar-refractivity contribution in [2.75, 3.05) is 6.54 Å². The van der Waals surface area contributed by atoms with Crippen LogP contribution in [0.5, 0.6) is 0 Å². The van der Waals surface area contributed by atoms with Crippen LogP contribution in [0, 0.1) is 13.8 Å². The number of hydrogen-bond acceptors (Lipinski definition) is 3. The Balaban J connectivity index is 2.12. The molecule has 1 N–H and O–H groups in total. The van der Waals surface area contributed by atoms with Crippen LogP contribution in [0.2, 0.25) is 0 Å². The summed E-state index contributed by atoms with van der Waals surface area (Å²) in [6.45, 7) is 7.56. The highest BCUT2D eigenvalue weighted by molar-refractivity contribution is 7.17. The van der Waals surface area contributed by atoms with Gasteiger partial charge in [0.25, 0.3) is 0 Å². The van der Waals surface area contributed by atoms with Crippen LogP contribution in [0.25, 0.3) is 10.1 Å². The maximum absolute atomic E-state index is 3.65. The molecule has 1 atom stereocenters. The van der Waals surface area contributed by atoms with Crippen LogP contribution in [0.4, 0.5) is 0 Å². The molecule has 1 nitrogen and oxygen atoms in total. The van der Waals surface area contributed by atoms with Gasteiger partial charge >= 0.3 is 0 Å². The van der Waals surface area contributed by atoms with E-state index >= 15 is 0 Å². The van der Waals surface area contributed by atoms with Crippen molar-refractivity contribution in [3.8, 4) is 0 Å². The van der Waals surface area contributed by atoms with Crippen molar-refractivity contribution in [3.63, 3.8) is 0 Å². The molecule has 20 heavy (non-hydrogen) atoms. The van der Waals surface area contributed by atoms with Gasteiger partial charge in [0.15, 0.2) is 0 Å². The molecule has 0 radical (unpaired) electrons. The van der Waals surface area contributed by atoms with Crippen molar-refractivity contribution in [3.05, 3.63) is 56.6 Å². The van der Waals surface area contributed by atoms with Crippen LogP contribution in [-0.4, -0.2) is 6.54 Å². The lowest BCUT2D eigenvalue weighted by Crippen LogP contribution is -2.21. The predicted octanol–water partition coefficient (Wildman–Crippen LogP) is 5.28. The Hall–Kier alpha value is -1.16. The van der Waals surface area contributed by atoms with Crippen LogP contribution in [-0.2, 0) is 0 Å². The molecule has 0 saturated heterocycles. The summed E-state index contributed by atoms with van der Waals surface area (Å²) in [5, 5.41) is 7.18. The zero-order valence-corrected chi connectivity index (χ0v) is 13.7. The van der Waals surface area contributed by atoms with Gasteiger partial charge in [0.05, 0.1) is 6.04 Å². The van der Waals surface area contributed by atoms with Gasteiger partial charge in [-0.05, 0) is 54.4 Å². The van der Waals surface area contributed by atoms with Crippen molar-refractivity contribution in [2.24, 2.45) is 0 Å². The van der Waals surface area contributed by atoms with Gasteiger partial charge in [-0.15, -0.1) is 22.7 Å². The molecule has 0 aliphatic carbocycles. The lowest BCUT2D eigenvalue weighted by atomic mass is 10.0. The molecule has 2 heterocycles. The standard InChI is InChI=1S/C17H19NS2/c1-4-18-16(15-10-11(2)12(3)20-15)14-7-5-6-13-8-9-19-17(13)14/h5-10,16,18H,4H2,1-3H3. The van der Waals surface area contributed by atoms with Crippen LogP contribution < -0.4 is 5.32 Å². The molecule has 0 bridgehead atoms. The molecule has 0 aliphatic heterocycles. The molecule has 1 aromatic carbocycles. The van der Waals surface area contributed by atoms with Crippen LogP contribution in [0.1, 0.15) is 33.8 Å². The van der Waals surface area contributed by atoms with Crippen molar-refractivity contribution in [2.45, 2.75) is 26.8 Å². The molecule has 0 spiro atoms. The SMILES string of the molecule is CCNC(c1cc(C)c(C)s1)c1cccc2ccsc12. The number of nitrogens with one attached hydrogen (secondary N) is 1. The third-order valence-electron chi connectivity index (χ3n) is 3.70. The molecule has 1 unspecified atom stereocenters. The summed E-state index contributed by atoms with van der Waals surface area (Å²) in [5.41, 5.74) is 2.80. The van der Waals surface area contributed by atoms with Gasteiger partial charge in [0.2, 0.25) is 0 Å². The first-order valence-electron chi connectivity index (χ1n) is 6.97. The number of aryl methyl sites for hydroxylation is 2. The Morgan fingerprint density at radius 1 is 1.20 bits per heavy atom. The van der Waals surface area contributed by atoms with E-state index in [4.69, 9.17) is 0 Å². The second kappa shape index (κ2) is 5.68. The first-order chi connectivity index (χ1) is 9.70. The Bertz CT molecular complexity index is 704. The molecule has 3 rings (SSSR count). The summed E-state index contributed by atoms with van der Waals surface area (Å²) in [4.78, 5) is 2.84. The lowest BCUT2D eigenvalue weighted by molar-refractivity contribution is 0.644. The third-order valence-corrected chi connectivity index (χ3v) is 5.89. The van der Waals surface area contributed by atoms with E-state index in [1.54, 1.807) is 0 Å². The molecule has 0 fully saturated rings. The van der Waals surface area contributed by atoms with Gasteiger partial charge in [0.1, 0.15) is 0 Å². The van der Waals surface area contributed by atoms with Crippen LogP contribution >= 0.6 is 22.7 Å². The number of hydrogen-bond donors (Lipinski definition) is 1. The normalized spacial score (nSPS) is 12.9. The van der Waals surface area contributed by atoms with Gasteiger partial charge < -0.3 is 5.32 Å². The zero-order valence-electron chi connectivity index (χ0n) is 12.1. The zero-order chi connectivity index (χ0) is 14.1. The molecule has 0 amide bonds. The fourth-order valence-corrected chi connectivity index (χ4v) is 4.64. The average Bonchev–Trinajstić information content (AvgIpc) is 3.03. The highest BCUT2D eigenvalue weighted by Crippen LogP contribution is 2.36.